The fraction of sp³-hybridized carbons (Fsp3) is 0.321. The van der Waals surface area contributed by atoms with Gasteiger partial charge in [-0.1, -0.05) is 55.5 Å². The minimum Gasteiger partial charge on any atom is -0.456 e. The van der Waals surface area contributed by atoms with E-state index in [1.165, 1.54) is 0 Å². The first-order valence-electron chi connectivity index (χ1n) is 12.2. The van der Waals surface area contributed by atoms with Gasteiger partial charge in [0.2, 0.25) is 0 Å². The van der Waals surface area contributed by atoms with Crippen molar-refractivity contribution in [3.05, 3.63) is 71.8 Å². The number of hydrogen-bond acceptors (Lipinski definition) is 7. The Morgan fingerprint density at radius 2 is 1.61 bits per heavy atom. The molecule has 5 N–H and O–H groups in total. The lowest BCUT2D eigenvalue weighted by Gasteiger charge is -2.25. The van der Waals surface area contributed by atoms with Crippen LogP contribution in [0.5, 0.6) is 6.01 Å². The summed E-state index contributed by atoms with van der Waals surface area (Å²) in [5, 5.41) is 38.6. The van der Waals surface area contributed by atoms with E-state index in [2.05, 4.69) is 9.97 Å². The number of hydrogen-bond donors (Lipinski definition) is 5. The lowest BCUT2D eigenvalue weighted by Crippen LogP contribution is -2.36. The highest BCUT2D eigenvalue weighted by Gasteiger charge is 2.37. The summed E-state index contributed by atoms with van der Waals surface area (Å²) in [5.41, 5.74) is 1.82. The summed E-state index contributed by atoms with van der Waals surface area (Å²) in [7, 11) is 0. The molecule has 1 aliphatic rings. The lowest BCUT2D eigenvalue weighted by atomic mass is 9.83. The van der Waals surface area contributed by atoms with Crippen molar-refractivity contribution in [2.24, 2.45) is 0 Å². The Labute approximate surface area is 217 Å². The number of H-pyrrole nitrogens is 1. The normalized spacial score (nSPS) is 19.8. The Balaban J connectivity index is 1.40. The molecule has 1 aliphatic heterocycles. The van der Waals surface area contributed by atoms with Crippen LogP contribution in [0.25, 0.3) is 33.3 Å². The molecule has 3 unspecified atom stereocenters. The highest BCUT2D eigenvalue weighted by molar-refractivity contribution is 5.84. The number of rotatable bonds is 8. The van der Waals surface area contributed by atoms with Crippen LogP contribution in [0, 0.1) is 11.6 Å². The van der Waals surface area contributed by atoms with Crippen molar-refractivity contribution in [1.29, 1.82) is 0 Å². The van der Waals surface area contributed by atoms with Crippen molar-refractivity contribution < 1.29 is 38.7 Å². The van der Waals surface area contributed by atoms with Crippen LogP contribution in [0.3, 0.4) is 0 Å². The molecule has 10 heteroatoms. The molecule has 1 fully saturated rings. The van der Waals surface area contributed by atoms with Gasteiger partial charge >= 0.3 is 0 Å². The molecule has 8 nitrogen and oxygen atoms in total. The van der Waals surface area contributed by atoms with Crippen molar-refractivity contribution >= 4 is 11.0 Å². The number of aromatic amines is 1. The minimum atomic E-state index is -1.09. The number of fused-ring (bicyclic) bond motifs is 1. The Kier molecular flexibility index (Phi) is 7.17. The van der Waals surface area contributed by atoms with E-state index in [1.807, 2.05) is 24.3 Å². The van der Waals surface area contributed by atoms with Crippen LogP contribution in [-0.4, -0.2) is 75.1 Å². The van der Waals surface area contributed by atoms with Gasteiger partial charge in [-0.2, -0.15) is 4.98 Å². The Hall–Kier alpha value is -3.41. The smallest absolute Gasteiger partial charge is 0.295 e. The standard InChI is InChI=1S/C28H28F2N2O6/c1-28(13-34,14-35)18-8-6-16(7-9-18)15-2-4-17(5-3-15)23-19(29)10-20-25(24(23)30)32-27(31-20)38-22-12-37-21(11-33)26(22)36/h2-10,21-22,26,33-36H,11-14H2,1H3,(H,31,32). The van der Waals surface area contributed by atoms with Crippen LogP contribution in [0.1, 0.15) is 12.5 Å². The third-order valence-corrected chi connectivity index (χ3v) is 7.11. The second-order valence-corrected chi connectivity index (χ2v) is 9.72. The Morgan fingerprint density at radius 1 is 1.00 bits per heavy atom. The first-order chi connectivity index (χ1) is 18.3. The molecule has 0 saturated carbocycles. The molecule has 0 bridgehead atoms. The summed E-state index contributed by atoms with van der Waals surface area (Å²) in [6.45, 7) is 1.03. The van der Waals surface area contributed by atoms with Gasteiger partial charge in [0.15, 0.2) is 11.9 Å². The fourth-order valence-corrected chi connectivity index (χ4v) is 4.57. The zero-order valence-corrected chi connectivity index (χ0v) is 20.6. The second-order valence-electron chi connectivity index (χ2n) is 9.72. The lowest BCUT2D eigenvalue weighted by molar-refractivity contribution is -0.00390. The number of aliphatic hydroxyl groups excluding tert-OH is 4. The van der Waals surface area contributed by atoms with Crippen molar-refractivity contribution in [3.8, 4) is 28.3 Å². The van der Waals surface area contributed by atoms with Crippen molar-refractivity contribution in [1.82, 2.24) is 9.97 Å². The van der Waals surface area contributed by atoms with Crippen molar-refractivity contribution in [2.75, 3.05) is 26.4 Å². The Morgan fingerprint density at radius 3 is 2.18 bits per heavy atom. The summed E-state index contributed by atoms with van der Waals surface area (Å²) >= 11 is 0. The van der Waals surface area contributed by atoms with Gasteiger partial charge in [-0.3, -0.25) is 0 Å². The van der Waals surface area contributed by atoms with E-state index in [1.54, 1.807) is 31.2 Å². The van der Waals surface area contributed by atoms with Gasteiger partial charge < -0.3 is 34.9 Å². The number of ether oxygens (including phenoxy) is 2. The quantitative estimate of drug-likeness (QED) is 0.239. The molecular weight excluding hydrogens is 498 g/mol. The van der Waals surface area contributed by atoms with Gasteiger partial charge in [-0.25, -0.2) is 8.78 Å². The maximum atomic E-state index is 15.5. The zero-order valence-electron chi connectivity index (χ0n) is 20.6. The van der Waals surface area contributed by atoms with Gasteiger partial charge in [0, 0.05) is 11.5 Å². The van der Waals surface area contributed by atoms with Crippen LogP contribution >= 0.6 is 0 Å². The summed E-state index contributed by atoms with van der Waals surface area (Å²) in [4.78, 5) is 6.83. The third kappa shape index (κ3) is 4.65. The molecule has 0 spiro atoms. The predicted molar refractivity (Wildman–Crippen MR) is 136 cm³/mol. The number of imidazole rings is 1. The van der Waals surface area contributed by atoms with Crippen molar-refractivity contribution in [3.63, 3.8) is 0 Å². The molecule has 38 heavy (non-hydrogen) atoms. The molecule has 0 radical (unpaired) electrons. The molecule has 1 saturated heterocycles. The number of halogens is 2. The minimum absolute atomic E-state index is 0.0167. The molecule has 2 heterocycles. The average Bonchev–Trinajstić information content (AvgIpc) is 3.51. The van der Waals surface area contributed by atoms with Gasteiger partial charge in [0.25, 0.3) is 6.01 Å². The van der Waals surface area contributed by atoms with E-state index in [0.29, 0.717) is 5.56 Å². The first-order valence-corrected chi connectivity index (χ1v) is 12.2. The van der Waals surface area contributed by atoms with E-state index in [0.717, 1.165) is 22.8 Å². The number of nitrogens with zero attached hydrogens (tertiary/aromatic N) is 1. The van der Waals surface area contributed by atoms with Crippen LogP contribution in [-0.2, 0) is 10.2 Å². The largest absolute Gasteiger partial charge is 0.456 e. The summed E-state index contributed by atoms with van der Waals surface area (Å²) in [6, 6.07) is 15.2. The maximum Gasteiger partial charge on any atom is 0.295 e. The number of aliphatic hydroxyl groups is 4. The molecule has 3 aromatic carbocycles. The number of benzene rings is 3. The first kappa shape index (κ1) is 26.2. The molecular formula is C28H28F2N2O6. The Bertz CT molecular complexity index is 1420. The van der Waals surface area contributed by atoms with Crippen LogP contribution < -0.4 is 4.74 Å². The number of aromatic nitrogens is 2. The molecule has 0 aliphatic carbocycles. The van der Waals surface area contributed by atoms with Crippen LogP contribution in [0.4, 0.5) is 8.78 Å². The zero-order chi connectivity index (χ0) is 27.0. The second kappa shape index (κ2) is 10.4. The molecule has 200 valence electrons. The van der Waals surface area contributed by atoms with E-state index < -0.39 is 35.4 Å². The summed E-state index contributed by atoms with van der Waals surface area (Å²) in [5.74, 6) is -1.63. The van der Waals surface area contributed by atoms with E-state index in [4.69, 9.17) is 9.47 Å². The monoisotopic (exact) mass is 526 g/mol. The molecule has 3 atom stereocenters. The predicted octanol–water partition coefficient (Wildman–Crippen LogP) is 2.92. The van der Waals surface area contributed by atoms with E-state index >= 15 is 8.78 Å². The SMILES string of the molecule is CC(CO)(CO)c1ccc(-c2ccc(-c3c(F)cc4[nH]c(OC5COC(CO)C5O)nc4c3F)cc2)cc1. The highest BCUT2D eigenvalue weighted by Crippen LogP contribution is 2.34. The fourth-order valence-electron chi connectivity index (χ4n) is 4.57. The third-order valence-electron chi connectivity index (χ3n) is 7.11. The van der Waals surface area contributed by atoms with Gasteiger partial charge in [-0.15, -0.1) is 0 Å². The van der Waals surface area contributed by atoms with Gasteiger partial charge in [-0.05, 0) is 22.3 Å². The summed E-state index contributed by atoms with van der Waals surface area (Å²) in [6.07, 6.45) is -2.69. The van der Waals surface area contributed by atoms with Crippen LogP contribution in [0.15, 0.2) is 54.6 Å². The molecule has 0 amide bonds. The summed E-state index contributed by atoms with van der Waals surface area (Å²) < 4.78 is 41.3. The van der Waals surface area contributed by atoms with E-state index in [-0.39, 0.29) is 49.0 Å². The topological polar surface area (TPSA) is 128 Å². The average molecular weight is 527 g/mol. The van der Waals surface area contributed by atoms with Crippen LogP contribution in [0.2, 0.25) is 0 Å². The molecule has 5 rings (SSSR count). The molecule has 1 aromatic heterocycles. The van der Waals surface area contributed by atoms with Gasteiger partial charge in [0.1, 0.15) is 23.5 Å². The van der Waals surface area contributed by atoms with Gasteiger partial charge in [0.05, 0.1) is 37.5 Å². The molecule has 4 aromatic rings. The van der Waals surface area contributed by atoms with E-state index in [9.17, 15) is 20.4 Å². The maximum absolute atomic E-state index is 15.5. The highest BCUT2D eigenvalue weighted by atomic mass is 19.1. The number of nitrogens with one attached hydrogen (secondary N) is 1. The van der Waals surface area contributed by atoms with Crippen molar-refractivity contribution in [2.45, 2.75) is 30.7 Å².